The third-order valence-corrected chi connectivity index (χ3v) is 5.91. The van der Waals surface area contributed by atoms with Gasteiger partial charge < -0.3 is 15.0 Å². The molecule has 2 atom stereocenters. The van der Waals surface area contributed by atoms with E-state index in [-0.39, 0.29) is 37.3 Å². The molecule has 2 aromatic rings. The third-order valence-electron chi connectivity index (χ3n) is 5.91. The molecule has 0 spiro atoms. The summed E-state index contributed by atoms with van der Waals surface area (Å²) in [7, 11) is 0. The minimum absolute atomic E-state index is 0.00813. The Morgan fingerprint density at radius 3 is 2.44 bits per heavy atom. The maximum Gasteiger partial charge on any atom is 0.491 e. The Morgan fingerprint density at radius 2 is 1.78 bits per heavy atom. The van der Waals surface area contributed by atoms with E-state index in [1.807, 2.05) is 0 Å². The highest BCUT2D eigenvalue weighted by Crippen LogP contribution is 2.58. The number of nitrogens with one attached hydrogen (secondary N) is 1. The number of para-hydroxylation sites is 1. The number of carbonyl (C=O) groups is 1. The van der Waals surface area contributed by atoms with Gasteiger partial charge in [0.2, 0.25) is 5.72 Å². The van der Waals surface area contributed by atoms with Gasteiger partial charge in [-0.05, 0) is 23.1 Å². The molecule has 172 valence electrons. The van der Waals surface area contributed by atoms with Gasteiger partial charge in [-0.1, -0.05) is 48.5 Å². The average molecular weight is 458 g/mol. The first-order chi connectivity index (χ1) is 15.0. The lowest BCUT2D eigenvalue weighted by Crippen LogP contribution is -2.58. The van der Waals surface area contributed by atoms with Crippen molar-refractivity contribution >= 4 is 11.7 Å². The highest BCUT2D eigenvalue weighted by Gasteiger charge is 2.66. The predicted octanol–water partition coefficient (Wildman–Crippen LogP) is 4.69. The molecule has 1 N–H and O–H groups in total. The van der Waals surface area contributed by atoms with Gasteiger partial charge in [-0.15, -0.1) is 0 Å². The fourth-order valence-electron chi connectivity index (χ4n) is 4.68. The summed E-state index contributed by atoms with van der Waals surface area (Å²) in [6, 6.07) is 12.7. The topological polar surface area (TPSA) is 41.6 Å². The number of aryl methyl sites for hydroxylation is 1. The highest BCUT2D eigenvalue weighted by atomic mass is 19.4. The highest BCUT2D eigenvalue weighted by molar-refractivity contribution is 5.78. The first kappa shape index (κ1) is 22.4. The summed E-state index contributed by atoms with van der Waals surface area (Å²) in [6.45, 7) is 0.429. The fourth-order valence-corrected chi connectivity index (χ4v) is 4.68. The summed E-state index contributed by atoms with van der Waals surface area (Å²) < 4.78 is 87.9. The van der Waals surface area contributed by atoms with Gasteiger partial charge in [-0.25, -0.2) is 4.79 Å². The quantitative estimate of drug-likeness (QED) is 0.533. The van der Waals surface area contributed by atoms with Crippen LogP contribution in [0, 0.1) is 0 Å². The number of rotatable bonds is 4. The molecule has 2 aliphatic rings. The van der Waals surface area contributed by atoms with Crippen molar-refractivity contribution in [1.82, 2.24) is 5.32 Å². The van der Waals surface area contributed by atoms with Crippen LogP contribution in [-0.4, -0.2) is 37.1 Å². The summed E-state index contributed by atoms with van der Waals surface area (Å²) in [4.78, 5) is 13.2. The van der Waals surface area contributed by atoms with E-state index in [1.165, 1.54) is 17.0 Å². The smallest absolute Gasteiger partial charge is 0.431 e. The van der Waals surface area contributed by atoms with Crippen molar-refractivity contribution in [3.8, 4) is 0 Å². The molecule has 4 rings (SSSR count). The Labute approximate surface area is 180 Å². The van der Waals surface area contributed by atoms with Crippen molar-refractivity contribution in [3.05, 3.63) is 65.2 Å². The van der Waals surface area contributed by atoms with Crippen molar-refractivity contribution in [2.45, 2.75) is 43.4 Å². The van der Waals surface area contributed by atoms with Gasteiger partial charge in [0.15, 0.2) is 0 Å². The molecule has 2 heterocycles. The Balaban J connectivity index is 1.88. The van der Waals surface area contributed by atoms with Crippen molar-refractivity contribution in [2.75, 3.05) is 18.0 Å². The lowest BCUT2D eigenvalue weighted by molar-refractivity contribution is -0.236. The van der Waals surface area contributed by atoms with Crippen LogP contribution >= 0.6 is 0 Å². The molecule has 2 aromatic carbocycles. The summed E-state index contributed by atoms with van der Waals surface area (Å²) in [5.41, 5.74) is -1.42. The number of benzene rings is 2. The molecule has 0 amide bonds. The molecule has 32 heavy (non-hydrogen) atoms. The Bertz CT molecular complexity index is 992. The first-order valence-corrected chi connectivity index (χ1v) is 10.0. The molecule has 0 saturated heterocycles. The minimum atomic E-state index is -5.43. The Hall–Kier alpha value is -2.75. The number of anilines is 1. The molecular formula is C22H20F6N2O2. The van der Waals surface area contributed by atoms with Gasteiger partial charge in [0.1, 0.15) is 5.92 Å². The number of esters is 1. The maximum absolute atomic E-state index is 14.5. The molecule has 0 saturated carbocycles. The molecule has 2 unspecified atom stereocenters. The summed E-state index contributed by atoms with van der Waals surface area (Å²) in [6.07, 6.45) is -10.8. The average Bonchev–Trinajstić information content (AvgIpc) is 2.84. The molecule has 0 aromatic heterocycles. The molecule has 4 nitrogen and oxygen atoms in total. The van der Waals surface area contributed by atoms with Crippen LogP contribution in [0.4, 0.5) is 32.0 Å². The largest absolute Gasteiger partial charge is 0.491 e. The van der Waals surface area contributed by atoms with Crippen LogP contribution < -0.4 is 10.2 Å². The second kappa shape index (κ2) is 7.99. The van der Waals surface area contributed by atoms with Crippen molar-refractivity contribution < 1.29 is 35.9 Å². The number of carbonyl (C=O) groups excluding carboxylic acids is 1. The second-order valence-electron chi connectivity index (χ2n) is 7.88. The van der Waals surface area contributed by atoms with E-state index in [0.717, 1.165) is 0 Å². The molecule has 0 bridgehead atoms. The summed E-state index contributed by atoms with van der Waals surface area (Å²) >= 11 is 0. The summed E-state index contributed by atoms with van der Waals surface area (Å²) in [5.74, 6) is -5.05. The first-order valence-electron chi connectivity index (χ1n) is 10.0. The third kappa shape index (κ3) is 3.92. The van der Waals surface area contributed by atoms with E-state index in [1.54, 1.807) is 36.4 Å². The number of hydrogen-bond donors (Lipinski definition) is 1. The van der Waals surface area contributed by atoms with Crippen molar-refractivity contribution in [1.29, 1.82) is 0 Å². The van der Waals surface area contributed by atoms with E-state index < -0.39 is 36.4 Å². The van der Waals surface area contributed by atoms with Crippen LogP contribution in [0.15, 0.2) is 48.5 Å². The van der Waals surface area contributed by atoms with Crippen LogP contribution in [0.2, 0.25) is 0 Å². The molecule has 0 radical (unpaired) electrons. The van der Waals surface area contributed by atoms with E-state index in [2.05, 4.69) is 5.32 Å². The maximum atomic E-state index is 14.5. The predicted molar refractivity (Wildman–Crippen MR) is 104 cm³/mol. The normalized spacial score (nSPS) is 22.9. The number of alkyl halides is 6. The lowest BCUT2D eigenvalue weighted by Gasteiger charge is -2.43. The fraction of sp³-hybridized carbons (Fsp3) is 0.409. The number of hydrogen-bond acceptors (Lipinski definition) is 4. The van der Waals surface area contributed by atoms with Crippen molar-refractivity contribution in [2.24, 2.45) is 0 Å². The van der Waals surface area contributed by atoms with Gasteiger partial charge >= 0.3 is 18.3 Å². The zero-order chi connectivity index (χ0) is 23.1. The van der Waals surface area contributed by atoms with E-state index >= 15 is 0 Å². The van der Waals surface area contributed by atoms with Crippen LogP contribution in [0.3, 0.4) is 0 Å². The second-order valence-corrected chi connectivity index (χ2v) is 7.88. The van der Waals surface area contributed by atoms with Gasteiger partial charge in [-0.3, -0.25) is 0 Å². The summed E-state index contributed by atoms with van der Waals surface area (Å²) in [5, 5.41) is 3.06. The molecule has 2 aliphatic heterocycles. The minimum Gasteiger partial charge on any atom is -0.431 e. The number of halogens is 6. The van der Waals surface area contributed by atoms with Gasteiger partial charge in [0, 0.05) is 31.7 Å². The number of ether oxygens (including phenoxy) is 1. The molecular weight excluding hydrogens is 438 g/mol. The van der Waals surface area contributed by atoms with Crippen LogP contribution in [0.25, 0.3) is 0 Å². The van der Waals surface area contributed by atoms with E-state index in [0.29, 0.717) is 11.1 Å². The van der Waals surface area contributed by atoms with Crippen molar-refractivity contribution in [3.63, 3.8) is 0 Å². The van der Waals surface area contributed by atoms with Gasteiger partial charge in [-0.2, -0.15) is 26.3 Å². The Kier molecular flexibility index (Phi) is 5.60. The van der Waals surface area contributed by atoms with Crippen LogP contribution in [0.5, 0.6) is 0 Å². The van der Waals surface area contributed by atoms with Crippen LogP contribution in [-0.2, 0) is 22.5 Å². The Morgan fingerprint density at radius 1 is 1.06 bits per heavy atom. The zero-order valence-electron chi connectivity index (χ0n) is 16.8. The molecule has 10 heteroatoms. The SMILES string of the molecule is O=C(OC1(CCc2ccccc2)C(C(F)(F)F)c2cccc3c2N1CCNC3)C(F)(F)F. The van der Waals surface area contributed by atoms with E-state index in [9.17, 15) is 31.1 Å². The molecule has 0 aliphatic carbocycles. The van der Waals surface area contributed by atoms with Gasteiger partial charge in [0.05, 0.1) is 0 Å². The molecule has 0 fully saturated rings. The number of nitrogens with zero attached hydrogens (tertiary/aromatic N) is 1. The standard InChI is InChI=1S/C22H20F6N2O2/c23-21(24,25)18-16-8-4-7-15-13-29-11-12-30(17(15)16)20(18,32-19(31)22(26,27)28)10-9-14-5-2-1-3-6-14/h1-8,18,29H,9-13H2. The lowest BCUT2D eigenvalue weighted by atomic mass is 9.86. The zero-order valence-corrected chi connectivity index (χ0v) is 16.8. The van der Waals surface area contributed by atoms with Gasteiger partial charge in [0.25, 0.3) is 0 Å². The van der Waals surface area contributed by atoms with Crippen LogP contribution in [0.1, 0.15) is 29.0 Å². The monoisotopic (exact) mass is 458 g/mol. The van der Waals surface area contributed by atoms with E-state index in [4.69, 9.17) is 4.74 Å².